The van der Waals surface area contributed by atoms with E-state index in [1.165, 1.54) is 53.6 Å². The van der Waals surface area contributed by atoms with Crippen molar-refractivity contribution in [3.05, 3.63) is 58.7 Å². The maximum absolute atomic E-state index is 12.4. The van der Waals surface area contributed by atoms with Gasteiger partial charge in [0.1, 0.15) is 11.1 Å². The predicted molar refractivity (Wildman–Crippen MR) is 120 cm³/mol. The Labute approximate surface area is 187 Å². The zero-order valence-corrected chi connectivity index (χ0v) is 18.6. The number of fused-ring (bicyclic) bond motifs is 1. The lowest BCUT2D eigenvalue weighted by atomic mass is 10.2. The first-order valence-electron chi connectivity index (χ1n) is 9.32. The first-order valence-corrected chi connectivity index (χ1v) is 12.7. The molecule has 0 saturated carbocycles. The van der Waals surface area contributed by atoms with E-state index in [4.69, 9.17) is 0 Å². The van der Waals surface area contributed by atoms with Crippen LogP contribution in [0.5, 0.6) is 0 Å². The number of benzene rings is 1. The van der Waals surface area contributed by atoms with Crippen molar-refractivity contribution in [2.24, 2.45) is 0 Å². The normalized spacial score (nSPS) is 12.7. The van der Waals surface area contributed by atoms with Gasteiger partial charge in [0.05, 0.1) is 16.2 Å². The van der Waals surface area contributed by atoms with Crippen molar-refractivity contribution < 1.29 is 13.2 Å². The number of nitrogens with zero attached hydrogens (tertiary/aromatic N) is 3. The highest BCUT2D eigenvalue weighted by atomic mass is 32.2. The lowest BCUT2D eigenvalue weighted by Gasteiger charge is -2.09. The third-order valence-corrected chi connectivity index (χ3v) is 7.74. The van der Waals surface area contributed by atoms with Crippen molar-refractivity contribution >= 4 is 49.8 Å². The second-order valence-electron chi connectivity index (χ2n) is 6.72. The number of carbonyl (C=O) groups is 1. The third-order valence-electron chi connectivity index (χ3n) is 4.58. The van der Waals surface area contributed by atoms with Gasteiger partial charge in [0.2, 0.25) is 5.91 Å². The second kappa shape index (κ2) is 9.05. The molecule has 1 aromatic carbocycles. The Hall–Kier alpha value is -2.94. The molecule has 158 valence electrons. The smallest absolute Gasteiger partial charge is 0.263 e. The van der Waals surface area contributed by atoms with Crippen LogP contribution in [0.4, 0.5) is 10.8 Å². The first-order chi connectivity index (χ1) is 14.9. The van der Waals surface area contributed by atoms with E-state index in [0.717, 1.165) is 30.5 Å². The van der Waals surface area contributed by atoms with E-state index in [-0.39, 0.29) is 21.7 Å². The van der Waals surface area contributed by atoms with E-state index >= 15 is 0 Å². The van der Waals surface area contributed by atoms with Crippen molar-refractivity contribution in [2.45, 2.75) is 29.2 Å². The van der Waals surface area contributed by atoms with Gasteiger partial charge in [-0.15, -0.1) is 11.3 Å². The van der Waals surface area contributed by atoms with E-state index in [0.29, 0.717) is 16.3 Å². The maximum Gasteiger partial charge on any atom is 0.263 e. The molecule has 8 nitrogen and oxygen atoms in total. The number of nitriles is 1. The molecule has 2 aromatic heterocycles. The maximum atomic E-state index is 12.4. The van der Waals surface area contributed by atoms with Crippen molar-refractivity contribution in [1.29, 1.82) is 5.26 Å². The Balaban J connectivity index is 1.37. The molecule has 0 unspecified atom stereocenters. The third kappa shape index (κ3) is 5.04. The number of carbonyl (C=O) groups excluding carboxylic acids is 1. The van der Waals surface area contributed by atoms with Crippen LogP contribution in [0.2, 0.25) is 0 Å². The number of nitrogens with one attached hydrogen (secondary N) is 2. The summed E-state index contributed by atoms with van der Waals surface area (Å²) in [7, 11) is -3.75. The highest BCUT2D eigenvalue weighted by Gasteiger charge is 2.18. The lowest BCUT2D eigenvalue weighted by molar-refractivity contribution is -0.113. The molecule has 2 heterocycles. The number of anilines is 2. The van der Waals surface area contributed by atoms with Gasteiger partial charge in [-0.3, -0.25) is 9.52 Å². The van der Waals surface area contributed by atoms with E-state index in [1.807, 2.05) is 6.07 Å². The van der Waals surface area contributed by atoms with Gasteiger partial charge in [-0.05, 0) is 55.2 Å². The standard InChI is InChI=1S/C20H17N5O3S3/c21-11-14-10-13-2-1-3-17(13)24-19(14)30-12-18(26)23-15-4-6-16(7-5-15)31(27,28)25-20-22-8-9-29-20/h4-10H,1-3,12H2,(H,22,25)(H,23,26). The molecule has 0 bridgehead atoms. The van der Waals surface area contributed by atoms with Crippen LogP contribution >= 0.6 is 23.1 Å². The zero-order chi connectivity index (χ0) is 21.8. The molecule has 0 atom stereocenters. The zero-order valence-electron chi connectivity index (χ0n) is 16.2. The summed E-state index contributed by atoms with van der Waals surface area (Å²) in [6.45, 7) is 0. The summed E-state index contributed by atoms with van der Waals surface area (Å²) in [5, 5.41) is 14.6. The van der Waals surface area contributed by atoms with Crippen LogP contribution < -0.4 is 10.0 Å². The topological polar surface area (TPSA) is 125 Å². The van der Waals surface area contributed by atoms with Gasteiger partial charge in [0.25, 0.3) is 10.0 Å². The molecule has 1 amide bonds. The summed E-state index contributed by atoms with van der Waals surface area (Å²) < 4.78 is 27.1. The van der Waals surface area contributed by atoms with Gasteiger partial charge < -0.3 is 5.32 Å². The highest BCUT2D eigenvalue weighted by molar-refractivity contribution is 8.00. The molecule has 4 rings (SSSR count). The molecule has 1 aliphatic rings. The molecule has 1 aliphatic carbocycles. The molecule has 31 heavy (non-hydrogen) atoms. The minimum absolute atomic E-state index is 0.0658. The van der Waals surface area contributed by atoms with Crippen molar-refractivity contribution in [1.82, 2.24) is 9.97 Å². The molecule has 0 aliphatic heterocycles. The SMILES string of the molecule is N#Cc1cc2c(nc1SCC(=O)Nc1ccc(S(=O)(=O)Nc3nccs3)cc1)CCC2. The van der Waals surface area contributed by atoms with Crippen molar-refractivity contribution in [3.8, 4) is 6.07 Å². The molecule has 0 radical (unpaired) electrons. The lowest BCUT2D eigenvalue weighted by Crippen LogP contribution is -2.15. The Morgan fingerprint density at radius 1 is 1.26 bits per heavy atom. The second-order valence-corrected chi connectivity index (χ2v) is 10.3. The van der Waals surface area contributed by atoms with E-state index in [9.17, 15) is 18.5 Å². The predicted octanol–water partition coefficient (Wildman–Crippen LogP) is 3.43. The van der Waals surface area contributed by atoms with Crippen LogP contribution in [0.15, 0.2) is 51.8 Å². The summed E-state index contributed by atoms with van der Waals surface area (Å²) in [5.41, 5.74) is 3.08. The minimum Gasteiger partial charge on any atom is -0.325 e. The molecule has 11 heteroatoms. The number of thioether (sulfide) groups is 1. The van der Waals surface area contributed by atoms with E-state index in [2.05, 4.69) is 26.1 Å². The minimum atomic E-state index is -3.75. The van der Waals surface area contributed by atoms with Crippen LogP contribution in [0.25, 0.3) is 0 Å². The molecule has 0 fully saturated rings. The highest BCUT2D eigenvalue weighted by Crippen LogP contribution is 2.28. The number of hydrogen-bond donors (Lipinski definition) is 2. The number of aromatic nitrogens is 2. The number of amides is 1. The van der Waals surface area contributed by atoms with Gasteiger partial charge in [0.15, 0.2) is 5.13 Å². The molecule has 0 spiro atoms. The first kappa shape index (κ1) is 21.3. The fraction of sp³-hybridized carbons (Fsp3) is 0.200. The van der Waals surface area contributed by atoms with E-state index < -0.39 is 10.0 Å². The number of aryl methyl sites for hydroxylation is 2. The molecule has 3 aromatic rings. The molecular formula is C20H17N5O3S3. The van der Waals surface area contributed by atoms with Crippen LogP contribution in [0.1, 0.15) is 23.2 Å². The number of hydrogen-bond acceptors (Lipinski definition) is 8. The Morgan fingerprint density at radius 3 is 2.77 bits per heavy atom. The van der Waals surface area contributed by atoms with Crippen molar-refractivity contribution in [2.75, 3.05) is 15.8 Å². The van der Waals surface area contributed by atoms with Gasteiger partial charge in [-0.25, -0.2) is 18.4 Å². The Bertz CT molecular complexity index is 1250. The van der Waals surface area contributed by atoms with E-state index in [1.54, 1.807) is 5.38 Å². The van der Waals surface area contributed by atoms with Gasteiger partial charge in [0, 0.05) is 23.0 Å². The molecular weight excluding hydrogens is 454 g/mol. The van der Waals surface area contributed by atoms with Gasteiger partial charge >= 0.3 is 0 Å². The number of rotatable bonds is 7. The van der Waals surface area contributed by atoms with Crippen LogP contribution in [0.3, 0.4) is 0 Å². The summed E-state index contributed by atoms with van der Waals surface area (Å²) in [6, 6.07) is 9.89. The van der Waals surface area contributed by atoms with Gasteiger partial charge in [-0.2, -0.15) is 5.26 Å². The van der Waals surface area contributed by atoms with Crippen molar-refractivity contribution in [3.63, 3.8) is 0 Å². The monoisotopic (exact) mass is 471 g/mol. The fourth-order valence-corrected chi connectivity index (χ4v) is 5.70. The Morgan fingerprint density at radius 2 is 2.06 bits per heavy atom. The number of sulfonamides is 1. The fourth-order valence-electron chi connectivity index (χ4n) is 3.14. The number of pyridine rings is 1. The molecule has 0 saturated heterocycles. The Kier molecular flexibility index (Phi) is 6.22. The summed E-state index contributed by atoms with van der Waals surface area (Å²) in [6.07, 6.45) is 4.38. The largest absolute Gasteiger partial charge is 0.325 e. The van der Waals surface area contributed by atoms with Gasteiger partial charge in [-0.1, -0.05) is 11.8 Å². The average Bonchev–Trinajstić information content (AvgIpc) is 3.43. The van der Waals surface area contributed by atoms with Crippen LogP contribution in [-0.4, -0.2) is 30.0 Å². The number of thiazole rings is 1. The van der Waals surface area contributed by atoms with Crippen LogP contribution in [0, 0.1) is 11.3 Å². The quantitative estimate of drug-likeness (QED) is 0.506. The summed E-state index contributed by atoms with van der Waals surface area (Å²) in [5.74, 6) is -0.181. The summed E-state index contributed by atoms with van der Waals surface area (Å²) >= 11 is 2.40. The van der Waals surface area contributed by atoms with Crippen LogP contribution in [-0.2, 0) is 27.7 Å². The average molecular weight is 472 g/mol. The summed E-state index contributed by atoms with van der Waals surface area (Å²) in [4.78, 5) is 20.9. The molecule has 2 N–H and O–H groups in total.